The minimum atomic E-state index is -4.81. The number of alkyl halides is 3. The van der Waals surface area contributed by atoms with E-state index in [1.54, 1.807) is 12.1 Å². The molecular weight excluding hydrogens is 758 g/mol. The first kappa shape index (κ1) is 33.8. The van der Waals surface area contributed by atoms with Gasteiger partial charge in [0, 0.05) is 43.1 Å². The fourth-order valence-electron chi connectivity index (χ4n) is 9.30. The van der Waals surface area contributed by atoms with Crippen molar-refractivity contribution in [2.75, 3.05) is 0 Å². The van der Waals surface area contributed by atoms with Gasteiger partial charge in [-0.2, -0.15) is 23.7 Å². The molecule has 0 atom stereocenters. The summed E-state index contributed by atoms with van der Waals surface area (Å²) < 4.78 is 62.5. The van der Waals surface area contributed by atoms with E-state index in [0.29, 0.717) is 44.7 Å². The fraction of sp³-hybridized carbons (Fsp3) is 0.0196. The second kappa shape index (κ2) is 12.1. The van der Waals surface area contributed by atoms with E-state index in [9.17, 15) is 10.5 Å². The maximum Gasteiger partial charge on any atom is 0.417 e. The summed E-state index contributed by atoms with van der Waals surface area (Å²) in [7, 11) is 0. The molecule has 0 bridgehead atoms. The van der Waals surface area contributed by atoms with Crippen LogP contribution in [0.15, 0.2) is 160 Å². The first-order chi connectivity index (χ1) is 29.3. The minimum Gasteiger partial charge on any atom is -0.454 e. The highest BCUT2D eigenvalue weighted by molar-refractivity contribution is 6.23. The third-order valence-corrected chi connectivity index (χ3v) is 11.8. The Balaban J connectivity index is 1.31. The minimum absolute atomic E-state index is 0.121. The van der Waals surface area contributed by atoms with Gasteiger partial charge >= 0.3 is 6.18 Å². The number of hydrogen-bond donors (Lipinski definition) is 0. The molecule has 8 aromatic carbocycles. The number of halogens is 3. The predicted molar refractivity (Wildman–Crippen MR) is 230 cm³/mol. The van der Waals surface area contributed by atoms with E-state index < -0.39 is 11.7 Å². The number of aromatic nitrogens is 2. The SMILES string of the molecule is N#Cc1ccc(-c2cc(-n3c4ccccc4c4ccc5c6ccccc6oc5c43)c(C#N)c(-n3c4ccccc4c4ccc5c6ccccc6oc5c43)c2)c(C(F)(F)F)c1. The summed E-state index contributed by atoms with van der Waals surface area (Å²) in [5, 5.41) is 28.2. The molecule has 0 amide bonds. The molecule has 12 rings (SSSR count). The molecule has 0 radical (unpaired) electrons. The van der Waals surface area contributed by atoms with Gasteiger partial charge in [-0.15, -0.1) is 0 Å². The maximum atomic E-state index is 15.1. The van der Waals surface area contributed by atoms with Gasteiger partial charge in [0.1, 0.15) is 22.8 Å². The highest BCUT2D eigenvalue weighted by Crippen LogP contribution is 2.46. The largest absolute Gasteiger partial charge is 0.454 e. The highest BCUT2D eigenvalue weighted by atomic mass is 19.4. The summed E-state index contributed by atoms with van der Waals surface area (Å²) in [5.74, 6) is 0. The van der Waals surface area contributed by atoms with Crippen molar-refractivity contribution in [3.63, 3.8) is 0 Å². The molecule has 282 valence electrons. The molecule has 60 heavy (non-hydrogen) atoms. The highest BCUT2D eigenvalue weighted by Gasteiger charge is 2.35. The number of rotatable bonds is 3. The van der Waals surface area contributed by atoms with Crippen molar-refractivity contribution < 1.29 is 22.0 Å². The van der Waals surface area contributed by atoms with E-state index in [2.05, 4.69) is 6.07 Å². The van der Waals surface area contributed by atoms with Gasteiger partial charge in [-0.3, -0.25) is 0 Å². The molecule has 0 fully saturated rings. The van der Waals surface area contributed by atoms with Crippen LogP contribution in [0.5, 0.6) is 0 Å². The third kappa shape index (κ3) is 4.57. The lowest BCUT2D eigenvalue weighted by Crippen LogP contribution is -2.09. The van der Waals surface area contributed by atoms with Crippen LogP contribution in [-0.2, 0) is 6.18 Å². The molecule has 4 aromatic heterocycles. The molecule has 0 spiro atoms. The van der Waals surface area contributed by atoms with Crippen LogP contribution in [0.3, 0.4) is 0 Å². The van der Waals surface area contributed by atoms with Crippen molar-refractivity contribution in [3.8, 4) is 34.6 Å². The number of furan rings is 2. The quantitative estimate of drug-likeness (QED) is 0.179. The Morgan fingerprint density at radius 3 is 1.42 bits per heavy atom. The van der Waals surface area contributed by atoms with E-state index in [1.807, 2.05) is 137 Å². The van der Waals surface area contributed by atoms with Crippen LogP contribution < -0.4 is 0 Å². The van der Waals surface area contributed by atoms with E-state index in [-0.39, 0.29) is 22.3 Å². The van der Waals surface area contributed by atoms with Gasteiger partial charge in [0.25, 0.3) is 0 Å². The van der Waals surface area contributed by atoms with E-state index in [4.69, 9.17) is 8.83 Å². The molecule has 0 saturated heterocycles. The number of benzene rings is 8. The Labute approximate surface area is 337 Å². The third-order valence-electron chi connectivity index (χ3n) is 11.8. The number of para-hydroxylation sites is 4. The number of hydrogen-bond acceptors (Lipinski definition) is 4. The Hall–Kier alpha value is -8.27. The average Bonchev–Trinajstić information content (AvgIpc) is 4.03. The van der Waals surface area contributed by atoms with Crippen molar-refractivity contribution in [2.45, 2.75) is 6.18 Å². The molecular formula is C51H25F3N4O2. The molecule has 0 aliphatic carbocycles. The van der Waals surface area contributed by atoms with Crippen molar-refractivity contribution >= 4 is 87.5 Å². The van der Waals surface area contributed by atoms with E-state index >= 15 is 13.2 Å². The van der Waals surface area contributed by atoms with Crippen LogP contribution in [0.25, 0.3) is 110 Å². The average molecular weight is 783 g/mol. The summed E-state index contributed by atoms with van der Waals surface area (Å²) in [5.41, 5.74) is 5.21. The topological polar surface area (TPSA) is 83.7 Å². The van der Waals surface area contributed by atoms with Gasteiger partial charge in [0.2, 0.25) is 0 Å². The van der Waals surface area contributed by atoms with Crippen LogP contribution in [0.1, 0.15) is 16.7 Å². The van der Waals surface area contributed by atoms with Crippen molar-refractivity contribution in [3.05, 3.63) is 168 Å². The Kier molecular flexibility index (Phi) is 6.84. The first-order valence-corrected chi connectivity index (χ1v) is 19.2. The van der Waals surface area contributed by atoms with Gasteiger partial charge < -0.3 is 18.0 Å². The van der Waals surface area contributed by atoms with E-state index in [0.717, 1.165) is 60.2 Å². The normalized spacial score (nSPS) is 12.2. The molecule has 0 aliphatic rings. The zero-order chi connectivity index (χ0) is 40.4. The molecule has 0 unspecified atom stereocenters. The lowest BCUT2D eigenvalue weighted by atomic mass is 9.94. The Bertz CT molecular complexity index is 3710. The summed E-state index contributed by atoms with van der Waals surface area (Å²) in [6.07, 6.45) is -4.81. The zero-order valence-electron chi connectivity index (χ0n) is 31.2. The monoisotopic (exact) mass is 782 g/mol. The van der Waals surface area contributed by atoms with Crippen LogP contribution in [0, 0.1) is 22.7 Å². The molecule has 4 heterocycles. The summed E-state index contributed by atoms with van der Waals surface area (Å²) in [4.78, 5) is 0. The lowest BCUT2D eigenvalue weighted by Gasteiger charge is -2.20. The second-order valence-corrected chi connectivity index (χ2v) is 14.9. The Morgan fingerprint density at radius 1 is 0.467 bits per heavy atom. The molecule has 9 heteroatoms. The molecule has 0 N–H and O–H groups in total. The van der Waals surface area contributed by atoms with Gasteiger partial charge in [0.05, 0.1) is 50.6 Å². The van der Waals surface area contributed by atoms with E-state index in [1.165, 1.54) is 12.1 Å². The molecule has 6 nitrogen and oxygen atoms in total. The lowest BCUT2D eigenvalue weighted by molar-refractivity contribution is -0.137. The van der Waals surface area contributed by atoms with Crippen LogP contribution in [-0.4, -0.2) is 9.13 Å². The second-order valence-electron chi connectivity index (χ2n) is 14.9. The maximum absolute atomic E-state index is 15.1. The zero-order valence-corrected chi connectivity index (χ0v) is 31.2. The summed E-state index contributed by atoms with van der Waals surface area (Å²) in [6, 6.07) is 50.4. The Morgan fingerprint density at radius 2 is 0.933 bits per heavy atom. The number of nitrogens with zero attached hydrogens (tertiary/aromatic N) is 4. The predicted octanol–water partition coefficient (Wildman–Crippen LogP) is 14.1. The van der Waals surface area contributed by atoms with Crippen LogP contribution in [0.2, 0.25) is 0 Å². The van der Waals surface area contributed by atoms with Gasteiger partial charge in [-0.05, 0) is 71.8 Å². The summed E-state index contributed by atoms with van der Waals surface area (Å²) in [6.45, 7) is 0. The molecule has 0 saturated carbocycles. The number of fused-ring (bicyclic) bond motifs is 14. The molecule has 0 aliphatic heterocycles. The molecule has 12 aromatic rings. The van der Waals surface area contributed by atoms with Crippen LogP contribution in [0.4, 0.5) is 13.2 Å². The van der Waals surface area contributed by atoms with Crippen molar-refractivity contribution in [1.82, 2.24) is 9.13 Å². The first-order valence-electron chi connectivity index (χ1n) is 19.2. The number of nitriles is 2. The van der Waals surface area contributed by atoms with Gasteiger partial charge in [-0.1, -0.05) is 91.0 Å². The van der Waals surface area contributed by atoms with Crippen LogP contribution >= 0.6 is 0 Å². The van der Waals surface area contributed by atoms with Gasteiger partial charge in [-0.25, -0.2) is 0 Å². The summed E-state index contributed by atoms with van der Waals surface area (Å²) >= 11 is 0. The standard InChI is InChI=1S/C51H25F3N4O2/c52-51(53,54)40-23-28(26-55)17-18-30(40)29-24-43(57-41-13-5-1-9-31(41)35-19-21-37-33-11-3-7-15-45(33)59-49(37)47(35)57)39(27-56)44(25-29)58-42-14-6-2-10-32(42)36-20-22-38-34-12-4-8-16-46(34)60-50(38)48(36)58/h1-25H. The van der Waals surface area contributed by atoms with Crippen molar-refractivity contribution in [2.24, 2.45) is 0 Å². The van der Waals surface area contributed by atoms with Crippen molar-refractivity contribution in [1.29, 1.82) is 10.5 Å². The van der Waals surface area contributed by atoms with Gasteiger partial charge in [0.15, 0.2) is 11.2 Å². The fourth-order valence-corrected chi connectivity index (χ4v) is 9.30. The smallest absolute Gasteiger partial charge is 0.417 e.